The molecule has 0 spiro atoms. The van der Waals surface area contributed by atoms with E-state index in [4.69, 9.17) is 4.74 Å². The van der Waals surface area contributed by atoms with E-state index in [1.54, 1.807) is 7.11 Å². The minimum Gasteiger partial charge on any atom is -0.385 e. The van der Waals surface area contributed by atoms with Crippen LogP contribution in [0, 0.1) is 0 Å². The Labute approximate surface area is 86.4 Å². The summed E-state index contributed by atoms with van der Waals surface area (Å²) in [4.78, 5) is 13.7. The van der Waals surface area contributed by atoms with E-state index in [-0.39, 0.29) is 5.54 Å². The molecule has 0 amide bonds. The Kier molecular flexibility index (Phi) is 4.08. The van der Waals surface area contributed by atoms with Gasteiger partial charge in [0, 0.05) is 45.2 Å². The standard InChI is InChI=1S/C11H21NO2/c1-11(2)9-10(13)5-7-12(11)6-4-8-14-3/h4-9H2,1-3H3. The zero-order valence-electron chi connectivity index (χ0n) is 9.51. The maximum atomic E-state index is 11.3. The Balaban J connectivity index is 2.39. The van der Waals surface area contributed by atoms with E-state index in [9.17, 15) is 4.79 Å². The number of ketones is 1. The van der Waals surface area contributed by atoms with E-state index in [2.05, 4.69) is 18.7 Å². The van der Waals surface area contributed by atoms with Gasteiger partial charge in [-0.15, -0.1) is 0 Å². The molecule has 1 heterocycles. The summed E-state index contributed by atoms with van der Waals surface area (Å²) < 4.78 is 5.03. The molecule has 1 rings (SSSR count). The van der Waals surface area contributed by atoms with Crippen LogP contribution >= 0.6 is 0 Å². The number of nitrogens with zero attached hydrogens (tertiary/aromatic N) is 1. The summed E-state index contributed by atoms with van der Waals surface area (Å²) in [5.41, 5.74) is 0.0447. The molecule has 0 aliphatic carbocycles. The fourth-order valence-electron chi connectivity index (χ4n) is 2.06. The van der Waals surface area contributed by atoms with Gasteiger partial charge in [-0.25, -0.2) is 0 Å². The van der Waals surface area contributed by atoms with Crippen LogP contribution in [0.2, 0.25) is 0 Å². The van der Waals surface area contributed by atoms with Crippen LogP contribution in [0.25, 0.3) is 0 Å². The van der Waals surface area contributed by atoms with Gasteiger partial charge in [-0.1, -0.05) is 0 Å². The van der Waals surface area contributed by atoms with Crippen molar-refractivity contribution in [1.29, 1.82) is 0 Å². The molecule has 0 aromatic rings. The fraction of sp³-hybridized carbons (Fsp3) is 0.909. The van der Waals surface area contributed by atoms with Gasteiger partial charge < -0.3 is 4.74 Å². The van der Waals surface area contributed by atoms with Crippen molar-refractivity contribution in [2.45, 2.75) is 38.6 Å². The van der Waals surface area contributed by atoms with Crippen molar-refractivity contribution < 1.29 is 9.53 Å². The number of carbonyl (C=O) groups excluding carboxylic acids is 1. The van der Waals surface area contributed by atoms with Crippen LogP contribution in [0.1, 0.15) is 33.1 Å². The lowest BCUT2D eigenvalue weighted by Gasteiger charge is -2.41. The average Bonchev–Trinajstić information content (AvgIpc) is 2.08. The lowest BCUT2D eigenvalue weighted by molar-refractivity contribution is -0.125. The van der Waals surface area contributed by atoms with Gasteiger partial charge in [0.25, 0.3) is 0 Å². The predicted octanol–water partition coefficient (Wildman–Crippen LogP) is 1.47. The first kappa shape index (κ1) is 11.7. The van der Waals surface area contributed by atoms with Crippen molar-refractivity contribution in [1.82, 2.24) is 4.90 Å². The number of hydrogen-bond acceptors (Lipinski definition) is 3. The highest BCUT2D eigenvalue weighted by atomic mass is 16.5. The van der Waals surface area contributed by atoms with Crippen LogP contribution in [0.4, 0.5) is 0 Å². The Morgan fingerprint density at radius 1 is 1.50 bits per heavy atom. The molecule has 0 aromatic carbocycles. The van der Waals surface area contributed by atoms with E-state index in [0.29, 0.717) is 12.2 Å². The summed E-state index contributed by atoms with van der Waals surface area (Å²) in [5.74, 6) is 0.401. The van der Waals surface area contributed by atoms with Crippen LogP contribution in [-0.4, -0.2) is 43.0 Å². The largest absolute Gasteiger partial charge is 0.385 e. The SMILES string of the molecule is COCCCN1CCC(=O)CC1(C)C. The average molecular weight is 199 g/mol. The number of carbonyl (C=O) groups is 1. The van der Waals surface area contributed by atoms with Crippen LogP contribution in [0.5, 0.6) is 0 Å². The molecule has 0 atom stereocenters. The Hall–Kier alpha value is -0.410. The minimum absolute atomic E-state index is 0.0447. The zero-order chi connectivity index (χ0) is 10.6. The summed E-state index contributed by atoms with van der Waals surface area (Å²) in [5, 5.41) is 0. The highest BCUT2D eigenvalue weighted by Crippen LogP contribution is 2.25. The van der Waals surface area contributed by atoms with Gasteiger partial charge in [-0.05, 0) is 20.3 Å². The van der Waals surface area contributed by atoms with E-state index in [1.165, 1.54) is 0 Å². The monoisotopic (exact) mass is 199 g/mol. The van der Waals surface area contributed by atoms with Crippen molar-refractivity contribution in [3.63, 3.8) is 0 Å². The molecular formula is C11H21NO2. The molecule has 0 unspecified atom stereocenters. The van der Waals surface area contributed by atoms with Gasteiger partial charge in [-0.2, -0.15) is 0 Å². The summed E-state index contributed by atoms with van der Waals surface area (Å²) in [7, 11) is 1.73. The lowest BCUT2D eigenvalue weighted by Crippen LogP contribution is -2.50. The van der Waals surface area contributed by atoms with Crippen LogP contribution in [-0.2, 0) is 9.53 Å². The molecule has 0 radical (unpaired) electrons. The molecule has 0 bridgehead atoms. The Morgan fingerprint density at radius 2 is 2.21 bits per heavy atom. The number of piperidine rings is 1. The number of Topliss-reactive ketones (excluding diaryl/α,β-unsaturated/α-hetero) is 1. The molecule has 0 saturated carbocycles. The van der Waals surface area contributed by atoms with Crippen molar-refractivity contribution in [2.75, 3.05) is 26.8 Å². The molecule has 3 heteroatoms. The number of hydrogen-bond donors (Lipinski definition) is 0. The summed E-state index contributed by atoms with van der Waals surface area (Å²) in [6.07, 6.45) is 2.46. The van der Waals surface area contributed by atoms with Crippen LogP contribution < -0.4 is 0 Å². The zero-order valence-corrected chi connectivity index (χ0v) is 9.51. The van der Waals surface area contributed by atoms with Gasteiger partial charge >= 0.3 is 0 Å². The Bertz CT molecular complexity index is 201. The van der Waals surface area contributed by atoms with Crippen molar-refractivity contribution in [2.24, 2.45) is 0 Å². The highest BCUT2D eigenvalue weighted by Gasteiger charge is 2.32. The molecule has 3 nitrogen and oxygen atoms in total. The van der Waals surface area contributed by atoms with E-state index < -0.39 is 0 Å². The maximum Gasteiger partial charge on any atom is 0.136 e. The number of methoxy groups -OCH3 is 1. The summed E-state index contributed by atoms with van der Waals surface area (Å²) in [6, 6.07) is 0. The van der Waals surface area contributed by atoms with Gasteiger partial charge in [0.15, 0.2) is 0 Å². The predicted molar refractivity (Wildman–Crippen MR) is 56.4 cm³/mol. The van der Waals surface area contributed by atoms with Crippen molar-refractivity contribution in [3.8, 4) is 0 Å². The topological polar surface area (TPSA) is 29.5 Å². The second kappa shape index (κ2) is 4.89. The molecule has 0 N–H and O–H groups in total. The van der Waals surface area contributed by atoms with Gasteiger partial charge in [0.1, 0.15) is 5.78 Å². The first-order chi connectivity index (χ1) is 6.56. The second-order valence-corrected chi connectivity index (χ2v) is 4.61. The number of ether oxygens (including phenoxy) is 1. The highest BCUT2D eigenvalue weighted by molar-refractivity contribution is 5.80. The van der Waals surface area contributed by atoms with Crippen molar-refractivity contribution in [3.05, 3.63) is 0 Å². The van der Waals surface area contributed by atoms with E-state index in [0.717, 1.165) is 32.5 Å². The fourth-order valence-corrected chi connectivity index (χ4v) is 2.06. The third-order valence-electron chi connectivity index (χ3n) is 2.92. The minimum atomic E-state index is 0.0447. The lowest BCUT2D eigenvalue weighted by atomic mass is 9.89. The first-order valence-electron chi connectivity index (χ1n) is 5.32. The first-order valence-corrected chi connectivity index (χ1v) is 5.32. The van der Waals surface area contributed by atoms with Gasteiger partial charge in [0.05, 0.1) is 0 Å². The normalized spacial score (nSPS) is 22.6. The van der Waals surface area contributed by atoms with Gasteiger partial charge in [0.2, 0.25) is 0 Å². The quantitative estimate of drug-likeness (QED) is 0.642. The summed E-state index contributed by atoms with van der Waals surface area (Å²) in [6.45, 7) is 7.05. The molecule has 14 heavy (non-hydrogen) atoms. The molecule has 1 aliphatic rings. The van der Waals surface area contributed by atoms with Crippen molar-refractivity contribution >= 4 is 5.78 Å². The van der Waals surface area contributed by atoms with Crippen LogP contribution in [0.15, 0.2) is 0 Å². The summed E-state index contributed by atoms with van der Waals surface area (Å²) >= 11 is 0. The number of rotatable bonds is 4. The molecule has 1 fully saturated rings. The Morgan fingerprint density at radius 3 is 2.79 bits per heavy atom. The molecule has 82 valence electrons. The van der Waals surface area contributed by atoms with Gasteiger partial charge in [-0.3, -0.25) is 9.69 Å². The van der Waals surface area contributed by atoms with E-state index >= 15 is 0 Å². The molecule has 1 saturated heterocycles. The molecule has 0 aromatic heterocycles. The maximum absolute atomic E-state index is 11.3. The smallest absolute Gasteiger partial charge is 0.136 e. The third-order valence-corrected chi connectivity index (χ3v) is 2.92. The third kappa shape index (κ3) is 3.07. The number of likely N-dealkylation sites (tertiary alicyclic amines) is 1. The molecular weight excluding hydrogens is 178 g/mol. The second-order valence-electron chi connectivity index (χ2n) is 4.61. The van der Waals surface area contributed by atoms with Crippen LogP contribution in [0.3, 0.4) is 0 Å². The molecule has 1 aliphatic heterocycles. The van der Waals surface area contributed by atoms with E-state index in [1.807, 2.05) is 0 Å².